The van der Waals surface area contributed by atoms with Gasteiger partial charge in [-0.3, -0.25) is 0 Å². The summed E-state index contributed by atoms with van der Waals surface area (Å²) in [6.45, 7) is 2.94. The Morgan fingerprint density at radius 3 is 2.76 bits per heavy atom. The second kappa shape index (κ2) is 6.08. The first-order valence-corrected chi connectivity index (χ1v) is 7.39. The van der Waals surface area contributed by atoms with E-state index in [1.807, 2.05) is 18.3 Å². The number of nitrogens with one attached hydrogen (secondary N) is 1. The highest BCUT2D eigenvalue weighted by Crippen LogP contribution is 2.39. The Balaban J connectivity index is 1.82. The van der Waals surface area contributed by atoms with E-state index >= 15 is 0 Å². The highest BCUT2D eigenvalue weighted by molar-refractivity contribution is 5.38. The molecule has 0 radical (unpaired) electrons. The molecule has 0 aromatic carbocycles. The molecule has 1 aliphatic carbocycles. The van der Waals surface area contributed by atoms with Crippen molar-refractivity contribution in [1.29, 1.82) is 0 Å². The third kappa shape index (κ3) is 3.48. The van der Waals surface area contributed by atoms with E-state index in [4.69, 9.17) is 9.72 Å². The first kappa shape index (κ1) is 13.8. The standard InChI is InChI=1S/C16H20N4O/c1-3-17-14-9-13(12-5-6-12)19-15(20-14)8-11-4-7-16(21-2)18-10-11/h4,7,9-10,12H,3,5-6,8H2,1-2H3,(H,17,19,20). The molecule has 1 aliphatic rings. The lowest BCUT2D eigenvalue weighted by atomic mass is 10.2. The molecule has 0 aliphatic heterocycles. The molecule has 1 saturated carbocycles. The van der Waals surface area contributed by atoms with Gasteiger partial charge in [-0.1, -0.05) is 6.07 Å². The maximum Gasteiger partial charge on any atom is 0.212 e. The van der Waals surface area contributed by atoms with Crippen molar-refractivity contribution >= 4 is 5.82 Å². The molecule has 1 N–H and O–H groups in total. The van der Waals surface area contributed by atoms with Crippen molar-refractivity contribution in [2.45, 2.75) is 32.1 Å². The summed E-state index contributed by atoms with van der Waals surface area (Å²) in [5.74, 6) is 3.02. The van der Waals surface area contributed by atoms with Crippen molar-refractivity contribution in [3.8, 4) is 5.88 Å². The molecule has 5 heteroatoms. The third-order valence-electron chi connectivity index (χ3n) is 3.51. The Hall–Kier alpha value is -2.17. The minimum atomic E-state index is 0.623. The Kier molecular flexibility index (Phi) is 3.99. The molecule has 0 spiro atoms. The third-order valence-corrected chi connectivity index (χ3v) is 3.51. The van der Waals surface area contributed by atoms with Crippen molar-refractivity contribution in [3.05, 3.63) is 41.5 Å². The first-order chi connectivity index (χ1) is 10.3. The van der Waals surface area contributed by atoms with Crippen LogP contribution in [0.25, 0.3) is 0 Å². The molecule has 0 saturated heterocycles. The van der Waals surface area contributed by atoms with Crippen LogP contribution in [0.1, 0.15) is 42.8 Å². The number of pyridine rings is 1. The molecule has 5 nitrogen and oxygen atoms in total. The number of hydrogen-bond acceptors (Lipinski definition) is 5. The lowest BCUT2D eigenvalue weighted by Crippen LogP contribution is -2.06. The van der Waals surface area contributed by atoms with Crippen LogP contribution in [0.3, 0.4) is 0 Å². The van der Waals surface area contributed by atoms with Gasteiger partial charge >= 0.3 is 0 Å². The minimum absolute atomic E-state index is 0.623. The Morgan fingerprint density at radius 1 is 1.29 bits per heavy atom. The number of anilines is 1. The van der Waals surface area contributed by atoms with E-state index in [1.54, 1.807) is 7.11 Å². The molecule has 0 bridgehead atoms. The normalized spacial score (nSPS) is 14.0. The Morgan fingerprint density at radius 2 is 2.14 bits per heavy atom. The Bertz CT molecular complexity index is 608. The summed E-state index contributed by atoms with van der Waals surface area (Å²) in [7, 11) is 1.62. The fraction of sp³-hybridized carbons (Fsp3) is 0.438. The van der Waals surface area contributed by atoms with Crippen molar-refractivity contribution < 1.29 is 4.74 Å². The molecule has 110 valence electrons. The van der Waals surface area contributed by atoms with Gasteiger partial charge in [0.05, 0.1) is 7.11 Å². The second-order valence-electron chi connectivity index (χ2n) is 5.28. The molecule has 2 heterocycles. The van der Waals surface area contributed by atoms with Crippen LogP contribution >= 0.6 is 0 Å². The van der Waals surface area contributed by atoms with Gasteiger partial charge in [-0.15, -0.1) is 0 Å². The molecule has 2 aromatic heterocycles. The number of aromatic nitrogens is 3. The van der Waals surface area contributed by atoms with Gasteiger partial charge in [-0.2, -0.15) is 0 Å². The summed E-state index contributed by atoms with van der Waals surface area (Å²) < 4.78 is 5.08. The fourth-order valence-corrected chi connectivity index (χ4v) is 2.28. The number of methoxy groups -OCH3 is 1. The number of ether oxygens (including phenoxy) is 1. The van der Waals surface area contributed by atoms with Crippen molar-refractivity contribution in [2.24, 2.45) is 0 Å². The van der Waals surface area contributed by atoms with Gasteiger partial charge in [0, 0.05) is 42.9 Å². The summed E-state index contributed by atoms with van der Waals surface area (Å²) in [6.07, 6.45) is 4.99. The van der Waals surface area contributed by atoms with Crippen molar-refractivity contribution in [1.82, 2.24) is 15.0 Å². The lowest BCUT2D eigenvalue weighted by molar-refractivity contribution is 0.397. The van der Waals surface area contributed by atoms with E-state index in [-0.39, 0.29) is 0 Å². The number of nitrogens with zero attached hydrogens (tertiary/aromatic N) is 3. The monoisotopic (exact) mass is 284 g/mol. The zero-order chi connectivity index (χ0) is 14.7. The fourth-order valence-electron chi connectivity index (χ4n) is 2.28. The minimum Gasteiger partial charge on any atom is -0.481 e. The summed E-state index contributed by atoms with van der Waals surface area (Å²) >= 11 is 0. The molecule has 2 aromatic rings. The quantitative estimate of drug-likeness (QED) is 0.884. The molecule has 1 fully saturated rings. The molecule has 0 unspecified atom stereocenters. The summed E-state index contributed by atoms with van der Waals surface area (Å²) in [5.41, 5.74) is 2.25. The second-order valence-corrected chi connectivity index (χ2v) is 5.28. The van der Waals surface area contributed by atoms with E-state index in [0.29, 0.717) is 18.2 Å². The van der Waals surface area contributed by atoms with Gasteiger partial charge < -0.3 is 10.1 Å². The lowest BCUT2D eigenvalue weighted by Gasteiger charge is -2.08. The molecular formula is C16H20N4O. The molecule has 0 atom stereocenters. The van der Waals surface area contributed by atoms with Crippen molar-refractivity contribution in [2.75, 3.05) is 19.0 Å². The van der Waals surface area contributed by atoms with E-state index in [1.165, 1.54) is 12.8 Å². The maximum atomic E-state index is 5.08. The zero-order valence-corrected chi connectivity index (χ0v) is 12.5. The molecular weight excluding hydrogens is 264 g/mol. The van der Waals surface area contributed by atoms with Gasteiger partial charge in [0.2, 0.25) is 5.88 Å². The van der Waals surface area contributed by atoms with Gasteiger partial charge in [-0.25, -0.2) is 15.0 Å². The molecule has 0 amide bonds. The summed E-state index contributed by atoms with van der Waals surface area (Å²) in [5, 5.41) is 3.29. The maximum absolute atomic E-state index is 5.08. The average molecular weight is 284 g/mol. The first-order valence-electron chi connectivity index (χ1n) is 7.39. The predicted octanol–water partition coefficient (Wildman–Crippen LogP) is 2.78. The van der Waals surface area contributed by atoms with Crippen LogP contribution in [0.2, 0.25) is 0 Å². The molecule has 3 rings (SSSR count). The van der Waals surface area contributed by atoms with Gasteiger partial charge in [0.1, 0.15) is 11.6 Å². The van der Waals surface area contributed by atoms with Crippen LogP contribution in [0.15, 0.2) is 24.4 Å². The highest BCUT2D eigenvalue weighted by atomic mass is 16.5. The van der Waals surface area contributed by atoms with Crippen LogP contribution in [0.5, 0.6) is 5.88 Å². The van der Waals surface area contributed by atoms with Crippen LogP contribution < -0.4 is 10.1 Å². The van der Waals surface area contributed by atoms with E-state index < -0.39 is 0 Å². The van der Waals surface area contributed by atoms with Crippen LogP contribution in [-0.4, -0.2) is 28.6 Å². The Labute approximate surface area is 124 Å². The predicted molar refractivity (Wildman–Crippen MR) is 81.8 cm³/mol. The highest BCUT2D eigenvalue weighted by Gasteiger charge is 2.26. The van der Waals surface area contributed by atoms with Gasteiger partial charge in [-0.05, 0) is 25.3 Å². The smallest absolute Gasteiger partial charge is 0.212 e. The zero-order valence-electron chi connectivity index (χ0n) is 12.5. The van der Waals surface area contributed by atoms with E-state index in [0.717, 1.165) is 29.4 Å². The van der Waals surface area contributed by atoms with E-state index in [9.17, 15) is 0 Å². The largest absolute Gasteiger partial charge is 0.481 e. The topological polar surface area (TPSA) is 59.9 Å². The van der Waals surface area contributed by atoms with Crippen LogP contribution in [0, 0.1) is 0 Å². The number of rotatable bonds is 6. The van der Waals surface area contributed by atoms with E-state index in [2.05, 4.69) is 28.3 Å². The average Bonchev–Trinajstić information content (AvgIpc) is 3.33. The van der Waals surface area contributed by atoms with Crippen molar-refractivity contribution in [3.63, 3.8) is 0 Å². The van der Waals surface area contributed by atoms with Crippen LogP contribution in [0.4, 0.5) is 5.82 Å². The SMILES string of the molecule is CCNc1cc(C2CC2)nc(Cc2ccc(OC)nc2)n1. The summed E-state index contributed by atoms with van der Waals surface area (Å²) in [6, 6.07) is 5.95. The summed E-state index contributed by atoms with van der Waals surface area (Å²) in [4.78, 5) is 13.5. The van der Waals surface area contributed by atoms with Gasteiger partial charge in [0.25, 0.3) is 0 Å². The number of hydrogen-bond donors (Lipinski definition) is 1. The van der Waals surface area contributed by atoms with Crippen LogP contribution in [-0.2, 0) is 6.42 Å². The van der Waals surface area contributed by atoms with Gasteiger partial charge in [0.15, 0.2) is 0 Å². The molecule has 21 heavy (non-hydrogen) atoms.